The van der Waals surface area contributed by atoms with Crippen LogP contribution in [0.1, 0.15) is 18.1 Å². The Labute approximate surface area is 114 Å². The number of ether oxygens (including phenoxy) is 2. The minimum Gasteiger partial charge on any atom is -0.493 e. The summed E-state index contributed by atoms with van der Waals surface area (Å²) in [5.41, 5.74) is 4.33. The predicted molar refractivity (Wildman–Crippen MR) is 76.9 cm³/mol. The molecule has 0 radical (unpaired) electrons. The van der Waals surface area contributed by atoms with E-state index in [0.717, 1.165) is 34.7 Å². The molecule has 0 fully saturated rings. The molecule has 2 aromatic rings. The van der Waals surface area contributed by atoms with Gasteiger partial charge in [0.05, 0.1) is 19.9 Å². The number of aryl methyl sites for hydroxylation is 2. The molecule has 0 saturated carbocycles. The number of benzene rings is 1. The van der Waals surface area contributed by atoms with Crippen LogP contribution in [0.25, 0.3) is 11.3 Å². The number of hydrogen-bond donors (Lipinski definition) is 0. The highest BCUT2D eigenvalue weighted by atomic mass is 16.5. The average Bonchev–Trinajstić information content (AvgIpc) is 2.46. The molecule has 1 aromatic carbocycles. The molecule has 2 rings (SSSR count). The second-order valence-corrected chi connectivity index (χ2v) is 4.43. The van der Waals surface area contributed by atoms with Gasteiger partial charge in [-0.1, -0.05) is 6.92 Å². The van der Waals surface area contributed by atoms with E-state index >= 15 is 0 Å². The third-order valence-electron chi connectivity index (χ3n) is 3.19. The van der Waals surface area contributed by atoms with Crippen LogP contribution in [0.4, 0.5) is 0 Å². The first kappa shape index (κ1) is 13.4. The van der Waals surface area contributed by atoms with Crippen LogP contribution in [0, 0.1) is 6.92 Å². The van der Waals surface area contributed by atoms with Crippen molar-refractivity contribution in [2.45, 2.75) is 20.3 Å². The Morgan fingerprint density at radius 1 is 1.11 bits per heavy atom. The Morgan fingerprint density at radius 3 is 2.53 bits per heavy atom. The van der Waals surface area contributed by atoms with Gasteiger partial charge in [-0.25, -0.2) is 0 Å². The Morgan fingerprint density at radius 2 is 1.89 bits per heavy atom. The Hall–Kier alpha value is -2.03. The summed E-state index contributed by atoms with van der Waals surface area (Å²) in [7, 11) is 3.30. The maximum absolute atomic E-state index is 5.38. The summed E-state index contributed by atoms with van der Waals surface area (Å²) in [4.78, 5) is 4.43. The average molecular weight is 257 g/mol. The zero-order valence-electron chi connectivity index (χ0n) is 11.9. The smallest absolute Gasteiger partial charge is 0.163 e. The quantitative estimate of drug-likeness (QED) is 0.838. The number of rotatable bonds is 4. The van der Waals surface area contributed by atoms with E-state index in [0.29, 0.717) is 0 Å². The maximum atomic E-state index is 5.38. The Balaban J connectivity index is 2.53. The van der Waals surface area contributed by atoms with Crippen molar-refractivity contribution in [1.82, 2.24) is 4.98 Å². The van der Waals surface area contributed by atoms with Crippen molar-refractivity contribution in [3.8, 4) is 22.8 Å². The fourth-order valence-electron chi connectivity index (χ4n) is 2.15. The van der Waals surface area contributed by atoms with Crippen molar-refractivity contribution in [1.29, 1.82) is 0 Å². The van der Waals surface area contributed by atoms with E-state index in [1.54, 1.807) is 14.2 Å². The first-order chi connectivity index (χ1) is 9.19. The summed E-state index contributed by atoms with van der Waals surface area (Å²) in [5, 5.41) is 0. The second kappa shape index (κ2) is 5.74. The van der Waals surface area contributed by atoms with Gasteiger partial charge in [0, 0.05) is 11.8 Å². The molecule has 100 valence electrons. The van der Waals surface area contributed by atoms with E-state index in [4.69, 9.17) is 9.47 Å². The molecule has 0 unspecified atom stereocenters. The van der Waals surface area contributed by atoms with Gasteiger partial charge in [-0.15, -0.1) is 0 Å². The number of pyridine rings is 1. The SMILES string of the molecule is CCc1ccnc(-c2cc(C)c(OC)c(OC)c2)c1. The molecule has 3 heteroatoms. The van der Waals surface area contributed by atoms with Gasteiger partial charge in [0.1, 0.15) is 0 Å². The van der Waals surface area contributed by atoms with Gasteiger partial charge in [-0.05, 0) is 48.7 Å². The fourth-order valence-corrected chi connectivity index (χ4v) is 2.15. The zero-order valence-corrected chi connectivity index (χ0v) is 11.9. The van der Waals surface area contributed by atoms with Gasteiger partial charge in [-0.3, -0.25) is 4.98 Å². The predicted octanol–water partition coefficient (Wildman–Crippen LogP) is 3.64. The summed E-state index contributed by atoms with van der Waals surface area (Å²) in [5.74, 6) is 1.51. The lowest BCUT2D eigenvalue weighted by Crippen LogP contribution is -1.95. The van der Waals surface area contributed by atoms with Gasteiger partial charge < -0.3 is 9.47 Å². The van der Waals surface area contributed by atoms with E-state index in [1.807, 2.05) is 25.3 Å². The zero-order chi connectivity index (χ0) is 13.8. The first-order valence-electron chi connectivity index (χ1n) is 6.37. The van der Waals surface area contributed by atoms with Crippen LogP contribution >= 0.6 is 0 Å². The lowest BCUT2D eigenvalue weighted by atomic mass is 10.0. The van der Waals surface area contributed by atoms with Gasteiger partial charge in [0.15, 0.2) is 11.5 Å². The van der Waals surface area contributed by atoms with Crippen LogP contribution in [-0.2, 0) is 6.42 Å². The molecule has 1 aromatic heterocycles. The third kappa shape index (κ3) is 2.70. The molecule has 19 heavy (non-hydrogen) atoms. The van der Waals surface area contributed by atoms with Crippen LogP contribution < -0.4 is 9.47 Å². The molecule has 0 aliphatic heterocycles. The van der Waals surface area contributed by atoms with Crippen LogP contribution in [-0.4, -0.2) is 19.2 Å². The van der Waals surface area contributed by atoms with Crippen molar-refractivity contribution in [3.05, 3.63) is 41.6 Å². The van der Waals surface area contributed by atoms with Crippen LogP contribution in [0.3, 0.4) is 0 Å². The minimum atomic E-state index is 0.737. The van der Waals surface area contributed by atoms with Crippen LogP contribution in [0.2, 0.25) is 0 Å². The fraction of sp³-hybridized carbons (Fsp3) is 0.312. The van der Waals surface area contributed by atoms with E-state index in [2.05, 4.69) is 24.0 Å². The number of nitrogens with zero attached hydrogens (tertiary/aromatic N) is 1. The third-order valence-corrected chi connectivity index (χ3v) is 3.19. The number of methoxy groups -OCH3 is 2. The lowest BCUT2D eigenvalue weighted by molar-refractivity contribution is 0.353. The van der Waals surface area contributed by atoms with E-state index in [-0.39, 0.29) is 0 Å². The molecule has 1 heterocycles. The van der Waals surface area contributed by atoms with Crippen molar-refractivity contribution in [3.63, 3.8) is 0 Å². The van der Waals surface area contributed by atoms with Crippen LogP contribution in [0.5, 0.6) is 11.5 Å². The number of hydrogen-bond acceptors (Lipinski definition) is 3. The van der Waals surface area contributed by atoms with E-state index in [1.165, 1.54) is 5.56 Å². The van der Waals surface area contributed by atoms with Crippen molar-refractivity contribution in [2.24, 2.45) is 0 Å². The monoisotopic (exact) mass is 257 g/mol. The highest BCUT2D eigenvalue weighted by molar-refractivity contribution is 5.66. The maximum Gasteiger partial charge on any atom is 0.163 e. The van der Waals surface area contributed by atoms with Crippen molar-refractivity contribution >= 4 is 0 Å². The molecule has 0 atom stereocenters. The molecule has 0 N–H and O–H groups in total. The highest BCUT2D eigenvalue weighted by Gasteiger charge is 2.11. The van der Waals surface area contributed by atoms with Crippen molar-refractivity contribution in [2.75, 3.05) is 14.2 Å². The second-order valence-electron chi connectivity index (χ2n) is 4.43. The molecule has 0 saturated heterocycles. The van der Waals surface area contributed by atoms with E-state index < -0.39 is 0 Å². The summed E-state index contributed by atoms with van der Waals surface area (Å²) in [6.45, 7) is 4.15. The Bertz CT molecular complexity index is 579. The molecule has 0 spiro atoms. The highest BCUT2D eigenvalue weighted by Crippen LogP contribution is 2.35. The molecule has 0 bridgehead atoms. The molecule has 0 aliphatic carbocycles. The molecular formula is C16H19NO2. The van der Waals surface area contributed by atoms with Gasteiger partial charge in [0.25, 0.3) is 0 Å². The largest absolute Gasteiger partial charge is 0.493 e. The topological polar surface area (TPSA) is 31.4 Å². The molecule has 3 nitrogen and oxygen atoms in total. The lowest BCUT2D eigenvalue weighted by Gasteiger charge is -2.13. The van der Waals surface area contributed by atoms with Crippen LogP contribution in [0.15, 0.2) is 30.5 Å². The Kier molecular flexibility index (Phi) is 4.05. The summed E-state index contributed by atoms with van der Waals surface area (Å²) in [6, 6.07) is 8.19. The van der Waals surface area contributed by atoms with Gasteiger partial charge >= 0.3 is 0 Å². The van der Waals surface area contributed by atoms with Crippen molar-refractivity contribution < 1.29 is 9.47 Å². The van der Waals surface area contributed by atoms with Gasteiger partial charge in [0.2, 0.25) is 0 Å². The minimum absolute atomic E-state index is 0.737. The standard InChI is InChI=1S/C16H19NO2/c1-5-12-6-7-17-14(9-12)13-8-11(2)16(19-4)15(10-13)18-3/h6-10H,5H2,1-4H3. The molecule has 0 aliphatic rings. The first-order valence-corrected chi connectivity index (χ1v) is 6.37. The summed E-state index contributed by atoms with van der Waals surface area (Å²) in [6.07, 6.45) is 2.85. The normalized spacial score (nSPS) is 10.3. The van der Waals surface area contributed by atoms with E-state index in [9.17, 15) is 0 Å². The number of aromatic nitrogens is 1. The molecular weight excluding hydrogens is 238 g/mol. The molecule has 0 amide bonds. The summed E-state index contributed by atoms with van der Waals surface area (Å²) >= 11 is 0. The summed E-state index contributed by atoms with van der Waals surface area (Å²) < 4.78 is 10.7. The van der Waals surface area contributed by atoms with Gasteiger partial charge in [-0.2, -0.15) is 0 Å².